The predicted molar refractivity (Wildman–Crippen MR) is 73.6 cm³/mol. The maximum atomic E-state index is 12.4. The number of carboxylic acids is 1. The van der Waals surface area contributed by atoms with Crippen LogP contribution in [0.4, 0.5) is 4.79 Å². The molecule has 0 aromatic rings. The molecule has 2 aliphatic rings. The molecule has 2 rings (SSSR count). The Morgan fingerprint density at radius 3 is 2.80 bits per heavy atom. The van der Waals surface area contributed by atoms with Crippen LogP contribution in [0.25, 0.3) is 0 Å². The van der Waals surface area contributed by atoms with Gasteiger partial charge >= 0.3 is 12.0 Å². The molecule has 0 aromatic carbocycles. The quantitative estimate of drug-likeness (QED) is 0.821. The highest BCUT2D eigenvalue weighted by Gasteiger charge is 2.49. The molecule has 2 aliphatic heterocycles. The molecule has 2 saturated heterocycles. The third-order valence-corrected chi connectivity index (χ3v) is 4.48. The van der Waals surface area contributed by atoms with E-state index in [1.54, 1.807) is 0 Å². The van der Waals surface area contributed by atoms with Crippen LogP contribution in [0.15, 0.2) is 0 Å². The van der Waals surface area contributed by atoms with E-state index < -0.39 is 11.5 Å². The van der Waals surface area contributed by atoms with Crippen molar-refractivity contribution in [3.63, 3.8) is 0 Å². The van der Waals surface area contributed by atoms with Crippen molar-refractivity contribution in [2.45, 2.75) is 63.6 Å². The van der Waals surface area contributed by atoms with Crippen LogP contribution in [0.3, 0.4) is 0 Å². The van der Waals surface area contributed by atoms with Gasteiger partial charge in [0.2, 0.25) is 0 Å². The second kappa shape index (κ2) is 5.99. The fourth-order valence-electron chi connectivity index (χ4n) is 3.34. The second-order valence-corrected chi connectivity index (χ2v) is 5.76. The minimum atomic E-state index is -1.03. The summed E-state index contributed by atoms with van der Waals surface area (Å²) in [7, 11) is 0. The Kier molecular flexibility index (Phi) is 4.52. The van der Waals surface area contributed by atoms with Crippen LogP contribution >= 0.6 is 0 Å². The van der Waals surface area contributed by atoms with E-state index >= 15 is 0 Å². The van der Waals surface area contributed by atoms with Crippen LogP contribution < -0.4 is 5.32 Å². The SMILES string of the molecule is CCCC1(C(=O)O)CCCN1C(=O)NC1CCOC1C. The number of urea groups is 1. The lowest BCUT2D eigenvalue weighted by atomic mass is 9.91. The summed E-state index contributed by atoms with van der Waals surface area (Å²) in [6, 6.07) is -0.281. The lowest BCUT2D eigenvalue weighted by Crippen LogP contribution is -2.57. The Bertz CT molecular complexity index is 387. The number of amides is 2. The fraction of sp³-hybridized carbons (Fsp3) is 0.857. The topological polar surface area (TPSA) is 78.9 Å². The van der Waals surface area contributed by atoms with E-state index in [2.05, 4.69) is 5.32 Å². The largest absolute Gasteiger partial charge is 0.479 e. The standard InChI is InChI=1S/C14H24N2O4/c1-3-6-14(12(17)18)7-4-8-16(14)13(19)15-11-5-9-20-10(11)2/h10-11H,3-9H2,1-2H3,(H,15,19)(H,17,18). The van der Waals surface area contributed by atoms with Crippen LogP contribution in [0, 0.1) is 0 Å². The molecule has 2 fully saturated rings. The molecular formula is C14H24N2O4. The van der Waals surface area contributed by atoms with Crippen molar-refractivity contribution in [3.8, 4) is 0 Å². The van der Waals surface area contributed by atoms with Gasteiger partial charge in [0.15, 0.2) is 0 Å². The molecule has 114 valence electrons. The van der Waals surface area contributed by atoms with E-state index in [1.807, 2.05) is 13.8 Å². The molecule has 0 aliphatic carbocycles. The molecule has 3 atom stereocenters. The molecule has 6 nitrogen and oxygen atoms in total. The molecular weight excluding hydrogens is 260 g/mol. The highest BCUT2D eigenvalue weighted by Crippen LogP contribution is 2.34. The van der Waals surface area contributed by atoms with Gasteiger partial charge in [0, 0.05) is 13.2 Å². The van der Waals surface area contributed by atoms with Crippen molar-refractivity contribution in [1.29, 1.82) is 0 Å². The first-order chi connectivity index (χ1) is 9.51. The lowest BCUT2D eigenvalue weighted by Gasteiger charge is -2.35. The first kappa shape index (κ1) is 15.1. The minimum Gasteiger partial charge on any atom is -0.479 e. The van der Waals surface area contributed by atoms with Crippen LogP contribution in [0.2, 0.25) is 0 Å². The number of nitrogens with one attached hydrogen (secondary N) is 1. The summed E-state index contributed by atoms with van der Waals surface area (Å²) in [4.78, 5) is 25.6. The third-order valence-electron chi connectivity index (χ3n) is 4.48. The molecule has 0 radical (unpaired) electrons. The summed E-state index contributed by atoms with van der Waals surface area (Å²) >= 11 is 0. The third kappa shape index (κ3) is 2.61. The molecule has 3 unspecified atom stereocenters. The predicted octanol–water partition coefficient (Wildman–Crippen LogP) is 1.59. The van der Waals surface area contributed by atoms with Gasteiger partial charge in [-0.3, -0.25) is 0 Å². The molecule has 2 amide bonds. The number of likely N-dealkylation sites (tertiary alicyclic amines) is 1. The number of carbonyl (C=O) groups is 2. The highest BCUT2D eigenvalue weighted by atomic mass is 16.5. The van der Waals surface area contributed by atoms with E-state index in [4.69, 9.17) is 4.74 Å². The van der Waals surface area contributed by atoms with Crippen molar-refractivity contribution in [2.24, 2.45) is 0 Å². The maximum Gasteiger partial charge on any atom is 0.329 e. The first-order valence-corrected chi connectivity index (χ1v) is 7.44. The Morgan fingerprint density at radius 2 is 2.25 bits per heavy atom. The van der Waals surface area contributed by atoms with Crippen LogP contribution in [0.5, 0.6) is 0 Å². The van der Waals surface area contributed by atoms with Gasteiger partial charge in [0.25, 0.3) is 0 Å². The van der Waals surface area contributed by atoms with Crippen molar-refractivity contribution < 1.29 is 19.4 Å². The molecule has 0 aromatic heterocycles. The van der Waals surface area contributed by atoms with Gasteiger partial charge in [-0.15, -0.1) is 0 Å². The average molecular weight is 284 g/mol. The van der Waals surface area contributed by atoms with E-state index in [1.165, 1.54) is 4.90 Å². The van der Waals surface area contributed by atoms with Crippen LogP contribution in [-0.2, 0) is 9.53 Å². The summed E-state index contributed by atoms with van der Waals surface area (Å²) in [5.41, 5.74) is -1.03. The van der Waals surface area contributed by atoms with Gasteiger partial charge in [0.05, 0.1) is 12.1 Å². The molecule has 0 bridgehead atoms. The van der Waals surface area contributed by atoms with E-state index in [9.17, 15) is 14.7 Å². The zero-order valence-electron chi connectivity index (χ0n) is 12.2. The Balaban J connectivity index is 2.08. The number of carbonyl (C=O) groups excluding carboxylic acids is 1. The molecule has 0 saturated carbocycles. The Labute approximate surface area is 119 Å². The second-order valence-electron chi connectivity index (χ2n) is 5.76. The average Bonchev–Trinajstić information content (AvgIpc) is 2.98. The lowest BCUT2D eigenvalue weighted by molar-refractivity contribution is -0.148. The number of hydrogen-bond donors (Lipinski definition) is 2. The van der Waals surface area contributed by atoms with Crippen molar-refractivity contribution in [3.05, 3.63) is 0 Å². The number of carboxylic acid groups (broad SMARTS) is 1. The van der Waals surface area contributed by atoms with Gasteiger partial charge in [-0.1, -0.05) is 13.3 Å². The van der Waals surface area contributed by atoms with Crippen molar-refractivity contribution in [2.75, 3.05) is 13.2 Å². The maximum absolute atomic E-state index is 12.4. The van der Waals surface area contributed by atoms with Crippen molar-refractivity contribution >= 4 is 12.0 Å². The van der Waals surface area contributed by atoms with Gasteiger partial charge in [0.1, 0.15) is 5.54 Å². The molecule has 0 spiro atoms. The van der Waals surface area contributed by atoms with Crippen LogP contribution in [-0.4, -0.2) is 52.8 Å². The number of nitrogens with zero attached hydrogens (tertiary/aromatic N) is 1. The highest BCUT2D eigenvalue weighted by molar-refractivity contribution is 5.87. The molecule has 6 heteroatoms. The van der Waals surface area contributed by atoms with E-state index in [-0.39, 0.29) is 18.2 Å². The Morgan fingerprint density at radius 1 is 1.50 bits per heavy atom. The summed E-state index contributed by atoms with van der Waals surface area (Å²) < 4.78 is 5.43. The summed E-state index contributed by atoms with van der Waals surface area (Å²) in [5.74, 6) is -0.886. The van der Waals surface area contributed by atoms with E-state index in [0.29, 0.717) is 26.0 Å². The van der Waals surface area contributed by atoms with Gasteiger partial charge in [-0.25, -0.2) is 9.59 Å². The minimum absolute atomic E-state index is 0.00745. The summed E-state index contributed by atoms with van der Waals surface area (Å²) in [6.07, 6.45) is 3.32. The zero-order valence-corrected chi connectivity index (χ0v) is 12.2. The summed E-state index contributed by atoms with van der Waals surface area (Å²) in [6.45, 7) is 5.04. The van der Waals surface area contributed by atoms with Crippen LogP contribution in [0.1, 0.15) is 46.0 Å². The Hall–Kier alpha value is -1.30. The molecule has 20 heavy (non-hydrogen) atoms. The van der Waals surface area contributed by atoms with Gasteiger partial charge < -0.3 is 20.1 Å². The number of hydrogen-bond acceptors (Lipinski definition) is 3. The molecule has 2 N–H and O–H groups in total. The number of aliphatic carboxylic acids is 1. The number of rotatable bonds is 4. The monoisotopic (exact) mass is 284 g/mol. The fourth-order valence-corrected chi connectivity index (χ4v) is 3.34. The summed E-state index contributed by atoms with van der Waals surface area (Å²) in [5, 5.41) is 12.5. The van der Waals surface area contributed by atoms with Gasteiger partial charge in [-0.05, 0) is 32.6 Å². The smallest absolute Gasteiger partial charge is 0.329 e. The normalized spacial score (nSPS) is 33.4. The number of ether oxygens (including phenoxy) is 1. The first-order valence-electron chi connectivity index (χ1n) is 7.44. The molecule has 2 heterocycles. The van der Waals surface area contributed by atoms with E-state index in [0.717, 1.165) is 19.3 Å². The van der Waals surface area contributed by atoms with Gasteiger partial charge in [-0.2, -0.15) is 0 Å². The zero-order chi connectivity index (χ0) is 14.8. The van der Waals surface area contributed by atoms with Crippen molar-refractivity contribution in [1.82, 2.24) is 10.2 Å².